The zero-order valence-electron chi connectivity index (χ0n) is 13.3. The van der Waals surface area contributed by atoms with Crippen molar-refractivity contribution in [2.24, 2.45) is 0 Å². The highest BCUT2D eigenvalue weighted by Crippen LogP contribution is 2.46. The summed E-state index contributed by atoms with van der Waals surface area (Å²) < 4.78 is 39.1. The lowest BCUT2D eigenvalue weighted by Crippen LogP contribution is -2.67. The van der Waals surface area contributed by atoms with E-state index >= 15 is 0 Å². The van der Waals surface area contributed by atoms with Gasteiger partial charge < -0.3 is 14.8 Å². The van der Waals surface area contributed by atoms with Crippen molar-refractivity contribution in [2.45, 2.75) is 24.7 Å². The molecule has 2 unspecified atom stereocenters. The molecule has 3 heterocycles. The van der Waals surface area contributed by atoms with E-state index in [1.54, 1.807) is 6.20 Å². The molecule has 1 fully saturated rings. The van der Waals surface area contributed by atoms with Crippen LogP contribution in [0.1, 0.15) is 23.0 Å². The molecule has 2 aliphatic rings. The molecule has 1 aromatic carbocycles. The summed E-state index contributed by atoms with van der Waals surface area (Å²) in [5.74, 6) is -1.57. The zero-order chi connectivity index (χ0) is 17.6. The second-order valence-corrected chi connectivity index (χ2v) is 6.98. The van der Waals surface area contributed by atoms with Gasteiger partial charge in [0.1, 0.15) is 17.4 Å². The highest BCUT2D eigenvalue weighted by atomic mass is 32.1. The Hall–Kier alpha value is -2.26. The van der Waals surface area contributed by atoms with Gasteiger partial charge >= 0.3 is 6.03 Å². The molecule has 0 aliphatic carbocycles. The fourth-order valence-corrected chi connectivity index (χ4v) is 3.99. The van der Waals surface area contributed by atoms with Crippen molar-refractivity contribution in [1.82, 2.24) is 15.2 Å². The van der Waals surface area contributed by atoms with Gasteiger partial charge in [0.15, 0.2) is 11.6 Å². The maximum absolute atomic E-state index is 14.3. The number of aromatic nitrogens is 1. The molecule has 9 heteroatoms. The Morgan fingerprint density at radius 1 is 1.52 bits per heavy atom. The second kappa shape index (κ2) is 5.92. The molecule has 132 valence electrons. The third-order valence-corrected chi connectivity index (χ3v) is 5.17. The third-order valence-electron chi connectivity index (χ3n) is 4.41. The Morgan fingerprint density at radius 3 is 3.08 bits per heavy atom. The van der Waals surface area contributed by atoms with Crippen molar-refractivity contribution >= 4 is 17.4 Å². The van der Waals surface area contributed by atoms with Crippen molar-refractivity contribution in [3.05, 3.63) is 45.9 Å². The summed E-state index contributed by atoms with van der Waals surface area (Å²) in [5.41, 5.74) is -0.884. The minimum Gasteiger partial charge on any atom is -0.462 e. The number of halogens is 2. The van der Waals surface area contributed by atoms with Gasteiger partial charge in [-0.3, -0.25) is 4.90 Å². The molecule has 25 heavy (non-hydrogen) atoms. The number of hydrogen-bond acceptors (Lipinski definition) is 5. The number of carbonyl (C=O) groups excluding carboxylic acids is 1. The molecule has 0 radical (unpaired) electrons. The predicted octanol–water partition coefficient (Wildman–Crippen LogP) is 2.81. The average Bonchev–Trinajstić information content (AvgIpc) is 3.06. The fraction of sp³-hybridized carbons (Fsp3) is 0.375. The highest BCUT2D eigenvalue weighted by Gasteiger charge is 2.53. The fourth-order valence-electron chi connectivity index (χ4n) is 3.39. The van der Waals surface area contributed by atoms with Crippen LogP contribution in [0.15, 0.2) is 23.7 Å². The standard InChI is InChI=1S/C16H15F2N3O3S/c1-23-8-16-6-12(10-4-9(17)5-11(18)14(10)24-16)20-15(22)21(16)7-13-19-2-3-25-13/h2-5,12H,6-8H2,1H3,(H,20,22). The Kier molecular flexibility index (Phi) is 3.84. The normalized spacial score (nSPS) is 24.5. The number of carbonyl (C=O) groups is 1. The van der Waals surface area contributed by atoms with Gasteiger partial charge in [0.2, 0.25) is 5.72 Å². The molecule has 2 amide bonds. The monoisotopic (exact) mass is 367 g/mol. The first-order valence-electron chi connectivity index (χ1n) is 7.66. The van der Waals surface area contributed by atoms with Crippen molar-refractivity contribution < 1.29 is 23.0 Å². The van der Waals surface area contributed by atoms with Crippen LogP contribution in [0.2, 0.25) is 0 Å². The molecule has 2 atom stereocenters. The van der Waals surface area contributed by atoms with Crippen molar-refractivity contribution in [1.29, 1.82) is 0 Å². The lowest BCUT2D eigenvalue weighted by molar-refractivity contribution is -0.140. The molecule has 1 N–H and O–H groups in total. The number of urea groups is 1. The summed E-state index contributed by atoms with van der Waals surface area (Å²) in [7, 11) is 1.48. The van der Waals surface area contributed by atoms with E-state index in [4.69, 9.17) is 9.47 Å². The van der Waals surface area contributed by atoms with Gasteiger partial charge in [0.25, 0.3) is 0 Å². The second-order valence-electron chi connectivity index (χ2n) is 6.01. The summed E-state index contributed by atoms with van der Waals surface area (Å²) in [5, 5.41) is 5.33. The number of fused-ring (bicyclic) bond motifs is 4. The summed E-state index contributed by atoms with van der Waals surface area (Å²) in [6, 6.07) is 1.02. The number of benzene rings is 1. The number of nitrogens with zero attached hydrogens (tertiary/aromatic N) is 2. The van der Waals surface area contributed by atoms with E-state index in [1.807, 2.05) is 5.38 Å². The SMILES string of the molecule is COCC12CC(NC(=O)N1Cc1nccs1)c1cc(F)cc(F)c1O2. The first-order chi connectivity index (χ1) is 12.0. The van der Waals surface area contributed by atoms with E-state index in [1.165, 1.54) is 29.4 Å². The number of nitrogens with one attached hydrogen (secondary N) is 1. The molecule has 1 aromatic heterocycles. The van der Waals surface area contributed by atoms with Crippen LogP contribution in [-0.2, 0) is 11.3 Å². The molecule has 4 rings (SSSR count). The number of thiazole rings is 1. The Bertz CT molecular complexity index is 817. The predicted molar refractivity (Wildman–Crippen MR) is 85.1 cm³/mol. The summed E-state index contributed by atoms with van der Waals surface area (Å²) >= 11 is 1.40. The lowest BCUT2D eigenvalue weighted by Gasteiger charge is -2.51. The Morgan fingerprint density at radius 2 is 2.36 bits per heavy atom. The molecule has 0 spiro atoms. The molecule has 2 aromatic rings. The van der Waals surface area contributed by atoms with Gasteiger partial charge in [-0.05, 0) is 6.07 Å². The molecule has 2 bridgehead atoms. The van der Waals surface area contributed by atoms with Crippen molar-refractivity contribution in [2.75, 3.05) is 13.7 Å². The maximum Gasteiger partial charge on any atom is 0.321 e. The molecular formula is C16H15F2N3O3S. The lowest BCUT2D eigenvalue weighted by atomic mass is 9.89. The van der Waals surface area contributed by atoms with Crippen LogP contribution in [0.4, 0.5) is 13.6 Å². The van der Waals surface area contributed by atoms with Crippen LogP contribution in [0.25, 0.3) is 0 Å². The van der Waals surface area contributed by atoms with Gasteiger partial charge in [0.05, 0.1) is 12.6 Å². The highest BCUT2D eigenvalue weighted by molar-refractivity contribution is 7.09. The summed E-state index contributed by atoms with van der Waals surface area (Å²) in [6.45, 7) is 0.260. The quantitative estimate of drug-likeness (QED) is 0.903. The van der Waals surface area contributed by atoms with Gasteiger partial charge in [-0.15, -0.1) is 11.3 Å². The van der Waals surface area contributed by atoms with Crippen LogP contribution in [0.5, 0.6) is 5.75 Å². The Labute approximate surface area is 146 Å². The van der Waals surface area contributed by atoms with Crippen LogP contribution >= 0.6 is 11.3 Å². The topological polar surface area (TPSA) is 63.7 Å². The van der Waals surface area contributed by atoms with Crippen LogP contribution in [0.3, 0.4) is 0 Å². The van der Waals surface area contributed by atoms with Crippen LogP contribution < -0.4 is 10.1 Å². The number of rotatable bonds is 4. The minimum absolute atomic E-state index is 0.0541. The first kappa shape index (κ1) is 16.2. The first-order valence-corrected chi connectivity index (χ1v) is 8.54. The maximum atomic E-state index is 14.3. The number of ether oxygens (including phenoxy) is 2. The number of methoxy groups -OCH3 is 1. The third kappa shape index (κ3) is 2.63. The van der Waals surface area contributed by atoms with Crippen LogP contribution in [-0.4, -0.2) is 35.4 Å². The smallest absolute Gasteiger partial charge is 0.321 e. The summed E-state index contributed by atoms with van der Waals surface area (Å²) in [4.78, 5) is 18.3. The van der Waals surface area contributed by atoms with E-state index in [0.29, 0.717) is 12.0 Å². The molecule has 1 saturated heterocycles. The largest absolute Gasteiger partial charge is 0.462 e. The molecular weight excluding hydrogens is 352 g/mol. The van der Waals surface area contributed by atoms with Gasteiger partial charge in [0, 0.05) is 36.7 Å². The molecule has 2 aliphatic heterocycles. The van der Waals surface area contributed by atoms with E-state index in [9.17, 15) is 13.6 Å². The zero-order valence-corrected chi connectivity index (χ0v) is 14.1. The minimum atomic E-state index is -1.18. The van der Waals surface area contributed by atoms with E-state index in [2.05, 4.69) is 10.3 Å². The Balaban J connectivity index is 1.78. The summed E-state index contributed by atoms with van der Waals surface area (Å²) in [6.07, 6.45) is 1.96. The number of amides is 2. The van der Waals surface area contributed by atoms with E-state index in [-0.39, 0.29) is 24.9 Å². The molecule has 6 nitrogen and oxygen atoms in total. The number of hydrogen-bond donors (Lipinski definition) is 1. The van der Waals surface area contributed by atoms with Gasteiger partial charge in [-0.25, -0.2) is 18.6 Å². The average molecular weight is 367 g/mol. The molecule has 0 saturated carbocycles. The van der Waals surface area contributed by atoms with Crippen molar-refractivity contribution in [3.8, 4) is 5.75 Å². The van der Waals surface area contributed by atoms with E-state index in [0.717, 1.165) is 11.1 Å². The van der Waals surface area contributed by atoms with Crippen LogP contribution in [0, 0.1) is 11.6 Å². The van der Waals surface area contributed by atoms with Gasteiger partial charge in [-0.2, -0.15) is 0 Å². The van der Waals surface area contributed by atoms with Gasteiger partial charge in [-0.1, -0.05) is 0 Å². The van der Waals surface area contributed by atoms with Crippen molar-refractivity contribution in [3.63, 3.8) is 0 Å². The van der Waals surface area contributed by atoms with E-state index < -0.39 is 23.4 Å².